The first-order valence-corrected chi connectivity index (χ1v) is 6.24. The van der Waals surface area contributed by atoms with Crippen molar-refractivity contribution in [2.45, 2.75) is 0 Å². The summed E-state index contributed by atoms with van der Waals surface area (Å²) in [6.45, 7) is 2.44. The molecule has 16 heavy (non-hydrogen) atoms. The monoisotopic (exact) mass is 288 g/mol. The Morgan fingerprint density at radius 3 is 2.62 bits per heavy atom. The average molecular weight is 289 g/mol. The highest BCUT2D eigenvalue weighted by Crippen LogP contribution is 2.15. The van der Waals surface area contributed by atoms with Gasteiger partial charge in [0.15, 0.2) is 0 Å². The molecule has 0 saturated carbocycles. The van der Waals surface area contributed by atoms with Gasteiger partial charge in [-0.25, -0.2) is 4.98 Å². The summed E-state index contributed by atoms with van der Waals surface area (Å²) in [5.41, 5.74) is 0. The van der Waals surface area contributed by atoms with Gasteiger partial charge in [0.2, 0.25) is 0 Å². The molecular formula is C11H17BrN2O2. The van der Waals surface area contributed by atoms with Crippen molar-refractivity contribution >= 4 is 21.7 Å². The molecule has 0 bridgehead atoms. The van der Waals surface area contributed by atoms with Crippen LogP contribution in [0.2, 0.25) is 0 Å². The van der Waals surface area contributed by atoms with Gasteiger partial charge in [0.05, 0.1) is 19.9 Å². The van der Waals surface area contributed by atoms with Gasteiger partial charge in [-0.05, 0) is 12.1 Å². The van der Waals surface area contributed by atoms with Gasteiger partial charge < -0.3 is 14.4 Å². The Balaban J connectivity index is 2.67. The predicted octanol–water partition coefficient (Wildman–Crippen LogP) is 1.94. The van der Waals surface area contributed by atoms with Crippen LogP contribution in [0.4, 0.5) is 5.82 Å². The van der Waals surface area contributed by atoms with E-state index in [1.165, 1.54) is 0 Å². The molecule has 0 aromatic carbocycles. The number of rotatable bonds is 7. The van der Waals surface area contributed by atoms with Crippen molar-refractivity contribution in [1.29, 1.82) is 0 Å². The smallest absolute Gasteiger partial charge is 0.137 e. The van der Waals surface area contributed by atoms with Crippen LogP contribution in [0, 0.1) is 0 Å². The second-order valence-corrected chi connectivity index (χ2v) is 4.02. The number of alkyl halides is 1. The number of halogens is 1. The molecule has 0 fully saturated rings. The van der Waals surface area contributed by atoms with Crippen molar-refractivity contribution in [3.8, 4) is 5.75 Å². The van der Waals surface area contributed by atoms with E-state index in [1.807, 2.05) is 12.1 Å². The zero-order valence-electron chi connectivity index (χ0n) is 9.65. The number of methoxy groups -OCH3 is 2. The third-order valence-corrected chi connectivity index (χ3v) is 2.55. The molecule has 1 aromatic rings. The lowest BCUT2D eigenvalue weighted by molar-refractivity contribution is 0.205. The van der Waals surface area contributed by atoms with E-state index in [9.17, 15) is 0 Å². The average Bonchev–Trinajstić information content (AvgIpc) is 2.35. The molecule has 0 saturated heterocycles. The van der Waals surface area contributed by atoms with Gasteiger partial charge in [-0.1, -0.05) is 15.9 Å². The number of aromatic nitrogens is 1. The molecule has 0 aliphatic carbocycles. The van der Waals surface area contributed by atoms with Gasteiger partial charge in [-0.2, -0.15) is 0 Å². The van der Waals surface area contributed by atoms with Crippen molar-refractivity contribution in [1.82, 2.24) is 4.98 Å². The van der Waals surface area contributed by atoms with Crippen molar-refractivity contribution in [2.24, 2.45) is 0 Å². The SMILES string of the molecule is COCCN(CCBr)c1ccc(OC)cn1. The van der Waals surface area contributed by atoms with Crippen molar-refractivity contribution < 1.29 is 9.47 Å². The van der Waals surface area contributed by atoms with Crippen molar-refractivity contribution in [2.75, 3.05) is 44.1 Å². The van der Waals surface area contributed by atoms with Crippen molar-refractivity contribution in [3.05, 3.63) is 18.3 Å². The first-order chi connectivity index (χ1) is 7.81. The van der Waals surface area contributed by atoms with E-state index in [4.69, 9.17) is 9.47 Å². The molecule has 0 aliphatic heterocycles. The maximum absolute atomic E-state index is 5.08. The largest absolute Gasteiger partial charge is 0.495 e. The van der Waals surface area contributed by atoms with Gasteiger partial charge in [0.1, 0.15) is 11.6 Å². The fourth-order valence-corrected chi connectivity index (χ4v) is 1.75. The number of pyridine rings is 1. The standard InChI is InChI=1S/C11H17BrN2O2/c1-15-8-7-14(6-5-12)11-4-3-10(16-2)9-13-11/h3-4,9H,5-8H2,1-2H3. The molecule has 0 atom stereocenters. The lowest BCUT2D eigenvalue weighted by atomic mass is 10.4. The van der Waals surface area contributed by atoms with Crippen LogP contribution in [0.25, 0.3) is 0 Å². The quantitative estimate of drug-likeness (QED) is 0.718. The molecule has 5 heteroatoms. The van der Waals surface area contributed by atoms with Crippen LogP contribution in [-0.2, 0) is 4.74 Å². The topological polar surface area (TPSA) is 34.6 Å². The Labute approximate surface area is 105 Å². The predicted molar refractivity (Wildman–Crippen MR) is 68.7 cm³/mol. The summed E-state index contributed by atoms with van der Waals surface area (Å²) in [6.07, 6.45) is 1.73. The Morgan fingerprint density at radius 1 is 1.31 bits per heavy atom. The molecule has 0 spiro atoms. The van der Waals surface area contributed by atoms with E-state index in [-0.39, 0.29) is 0 Å². The molecule has 0 N–H and O–H groups in total. The Morgan fingerprint density at radius 2 is 2.12 bits per heavy atom. The lowest BCUT2D eigenvalue weighted by Gasteiger charge is -2.22. The van der Waals surface area contributed by atoms with Crippen molar-refractivity contribution in [3.63, 3.8) is 0 Å². The van der Waals surface area contributed by atoms with Crippen LogP contribution in [0.15, 0.2) is 18.3 Å². The summed E-state index contributed by atoms with van der Waals surface area (Å²) in [5, 5.41) is 0.907. The van der Waals surface area contributed by atoms with Gasteiger partial charge in [0, 0.05) is 25.5 Å². The number of hydrogen-bond donors (Lipinski definition) is 0. The molecule has 0 unspecified atom stereocenters. The summed E-state index contributed by atoms with van der Waals surface area (Å²) in [7, 11) is 3.34. The molecule has 1 rings (SSSR count). The fraction of sp³-hybridized carbons (Fsp3) is 0.545. The molecule has 90 valence electrons. The summed E-state index contributed by atoms with van der Waals surface area (Å²) >= 11 is 3.43. The molecule has 1 heterocycles. The molecule has 0 amide bonds. The van der Waals surface area contributed by atoms with Gasteiger partial charge in [-0.15, -0.1) is 0 Å². The van der Waals surface area contributed by atoms with E-state index in [2.05, 4.69) is 25.8 Å². The zero-order chi connectivity index (χ0) is 11.8. The minimum Gasteiger partial charge on any atom is -0.495 e. The fourth-order valence-electron chi connectivity index (χ4n) is 1.32. The molecular weight excluding hydrogens is 272 g/mol. The number of ether oxygens (including phenoxy) is 2. The normalized spacial score (nSPS) is 10.2. The van der Waals surface area contributed by atoms with E-state index in [1.54, 1.807) is 20.4 Å². The van der Waals surface area contributed by atoms with Crippen LogP contribution in [0.3, 0.4) is 0 Å². The van der Waals surface area contributed by atoms with Crippen LogP contribution in [-0.4, -0.2) is 44.2 Å². The minimum atomic E-state index is 0.695. The highest BCUT2D eigenvalue weighted by Gasteiger charge is 2.06. The number of nitrogens with zero attached hydrogens (tertiary/aromatic N) is 2. The molecule has 0 radical (unpaired) electrons. The second-order valence-electron chi connectivity index (χ2n) is 3.23. The summed E-state index contributed by atoms with van der Waals surface area (Å²) in [5.74, 6) is 1.71. The van der Waals surface area contributed by atoms with E-state index < -0.39 is 0 Å². The second kappa shape index (κ2) is 7.46. The number of anilines is 1. The van der Waals surface area contributed by atoms with Crippen LogP contribution >= 0.6 is 15.9 Å². The van der Waals surface area contributed by atoms with E-state index in [0.717, 1.165) is 30.0 Å². The van der Waals surface area contributed by atoms with Crippen LogP contribution < -0.4 is 9.64 Å². The third-order valence-electron chi connectivity index (χ3n) is 2.20. The van der Waals surface area contributed by atoms with Crippen LogP contribution in [0.1, 0.15) is 0 Å². The Bertz CT molecular complexity index is 293. The summed E-state index contributed by atoms with van der Waals surface area (Å²) < 4.78 is 10.2. The van der Waals surface area contributed by atoms with Gasteiger partial charge >= 0.3 is 0 Å². The maximum atomic E-state index is 5.08. The van der Waals surface area contributed by atoms with Crippen LogP contribution in [0.5, 0.6) is 5.75 Å². The Kier molecular flexibility index (Phi) is 6.18. The highest BCUT2D eigenvalue weighted by molar-refractivity contribution is 9.09. The molecule has 0 aliphatic rings. The first-order valence-electron chi connectivity index (χ1n) is 5.11. The van der Waals surface area contributed by atoms with E-state index >= 15 is 0 Å². The first kappa shape index (κ1) is 13.3. The lowest BCUT2D eigenvalue weighted by Crippen LogP contribution is -2.29. The van der Waals surface area contributed by atoms with Gasteiger partial charge in [0.25, 0.3) is 0 Å². The van der Waals surface area contributed by atoms with E-state index in [0.29, 0.717) is 6.61 Å². The number of hydrogen-bond acceptors (Lipinski definition) is 4. The highest BCUT2D eigenvalue weighted by atomic mass is 79.9. The molecule has 4 nitrogen and oxygen atoms in total. The molecule has 1 aromatic heterocycles. The maximum Gasteiger partial charge on any atom is 0.137 e. The third kappa shape index (κ3) is 3.98. The zero-order valence-corrected chi connectivity index (χ0v) is 11.2. The Hall–Kier alpha value is -0.810. The summed E-state index contributed by atoms with van der Waals surface area (Å²) in [4.78, 5) is 6.51. The minimum absolute atomic E-state index is 0.695. The van der Waals surface area contributed by atoms with Gasteiger partial charge in [-0.3, -0.25) is 0 Å². The summed E-state index contributed by atoms with van der Waals surface area (Å²) in [6, 6.07) is 3.87.